The molecule has 2 aromatic heterocycles. The van der Waals surface area contributed by atoms with Crippen molar-refractivity contribution in [3.05, 3.63) is 17.5 Å². The SMILES string of the molecule is CCCNCCn1nnnc1SCc1cc(C)on1. The van der Waals surface area contributed by atoms with Crippen molar-refractivity contribution in [1.29, 1.82) is 0 Å². The summed E-state index contributed by atoms with van der Waals surface area (Å²) in [6, 6.07) is 1.92. The number of nitrogens with one attached hydrogen (secondary N) is 1. The van der Waals surface area contributed by atoms with Gasteiger partial charge in [0, 0.05) is 18.4 Å². The van der Waals surface area contributed by atoms with Gasteiger partial charge < -0.3 is 9.84 Å². The first-order valence-electron chi connectivity index (χ1n) is 6.31. The molecule has 0 bridgehead atoms. The number of hydrogen-bond acceptors (Lipinski definition) is 7. The van der Waals surface area contributed by atoms with E-state index in [0.29, 0.717) is 5.75 Å². The van der Waals surface area contributed by atoms with Crippen LogP contribution in [-0.4, -0.2) is 38.5 Å². The van der Waals surface area contributed by atoms with Crippen molar-refractivity contribution >= 4 is 11.8 Å². The summed E-state index contributed by atoms with van der Waals surface area (Å²) < 4.78 is 6.83. The molecule has 0 aromatic carbocycles. The third-order valence-corrected chi connectivity index (χ3v) is 3.44. The van der Waals surface area contributed by atoms with Gasteiger partial charge in [0.2, 0.25) is 5.16 Å². The highest BCUT2D eigenvalue weighted by molar-refractivity contribution is 7.98. The number of tetrazole rings is 1. The Bertz CT molecular complexity index is 497. The summed E-state index contributed by atoms with van der Waals surface area (Å²) in [4.78, 5) is 0. The van der Waals surface area contributed by atoms with Gasteiger partial charge in [-0.05, 0) is 30.3 Å². The van der Waals surface area contributed by atoms with Crippen LogP contribution in [0.25, 0.3) is 0 Å². The number of aromatic nitrogens is 5. The molecule has 7 nitrogen and oxygen atoms in total. The fourth-order valence-corrected chi connectivity index (χ4v) is 2.34. The topological polar surface area (TPSA) is 81.7 Å². The Morgan fingerprint density at radius 3 is 3.05 bits per heavy atom. The molecule has 2 heterocycles. The first-order valence-corrected chi connectivity index (χ1v) is 7.30. The largest absolute Gasteiger partial charge is 0.361 e. The third kappa shape index (κ3) is 4.32. The number of aryl methyl sites for hydroxylation is 1. The second-order valence-corrected chi connectivity index (χ2v) is 5.09. The van der Waals surface area contributed by atoms with E-state index in [2.05, 4.69) is 32.9 Å². The van der Waals surface area contributed by atoms with Gasteiger partial charge in [0.25, 0.3) is 0 Å². The minimum absolute atomic E-state index is 0.708. The Labute approximate surface area is 116 Å². The second-order valence-electron chi connectivity index (χ2n) is 4.15. The van der Waals surface area contributed by atoms with E-state index in [-0.39, 0.29) is 0 Å². The van der Waals surface area contributed by atoms with E-state index in [0.717, 1.165) is 42.7 Å². The van der Waals surface area contributed by atoms with E-state index >= 15 is 0 Å². The summed E-state index contributed by atoms with van der Waals surface area (Å²) in [7, 11) is 0. The molecule has 0 aliphatic rings. The number of hydrogen-bond donors (Lipinski definition) is 1. The lowest BCUT2D eigenvalue weighted by Gasteiger charge is -2.04. The number of thioether (sulfide) groups is 1. The van der Waals surface area contributed by atoms with Crippen molar-refractivity contribution in [2.75, 3.05) is 13.1 Å². The van der Waals surface area contributed by atoms with Crippen molar-refractivity contribution in [2.45, 2.75) is 37.7 Å². The van der Waals surface area contributed by atoms with Gasteiger partial charge in [-0.1, -0.05) is 23.8 Å². The van der Waals surface area contributed by atoms with Gasteiger partial charge in [-0.3, -0.25) is 0 Å². The Hall–Kier alpha value is -1.41. The smallest absolute Gasteiger partial charge is 0.209 e. The second kappa shape index (κ2) is 7.25. The van der Waals surface area contributed by atoms with E-state index in [4.69, 9.17) is 4.52 Å². The van der Waals surface area contributed by atoms with Crippen molar-refractivity contribution in [1.82, 2.24) is 30.7 Å². The van der Waals surface area contributed by atoms with Gasteiger partial charge in [0.1, 0.15) is 5.76 Å². The minimum Gasteiger partial charge on any atom is -0.361 e. The molecule has 2 aromatic rings. The van der Waals surface area contributed by atoms with Crippen LogP contribution in [-0.2, 0) is 12.3 Å². The third-order valence-electron chi connectivity index (χ3n) is 2.45. The summed E-state index contributed by atoms with van der Waals surface area (Å²) >= 11 is 1.56. The summed E-state index contributed by atoms with van der Waals surface area (Å²) in [6.07, 6.45) is 1.13. The van der Waals surface area contributed by atoms with Gasteiger partial charge in [-0.25, -0.2) is 4.68 Å². The maximum atomic E-state index is 5.02. The lowest BCUT2D eigenvalue weighted by molar-refractivity contribution is 0.393. The van der Waals surface area contributed by atoms with Crippen LogP contribution in [0.5, 0.6) is 0 Å². The number of nitrogens with zero attached hydrogens (tertiary/aromatic N) is 5. The molecule has 0 saturated carbocycles. The fraction of sp³-hybridized carbons (Fsp3) is 0.636. The van der Waals surface area contributed by atoms with Gasteiger partial charge in [-0.15, -0.1) is 5.10 Å². The highest BCUT2D eigenvalue weighted by Crippen LogP contribution is 2.19. The standard InChI is InChI=1S/C11H18N6OS/c1-3-4-12-5-6-17-11(13-15-16-17)19-8-10-7-9(2)18-14-10/h7,12H,3-6,8H2,1-2H3. The van der Waals surface area contributed by atoms with E-state index in [1.165, 1.54) is 0 Å². The molecule has 104 valence electrons. The molecule has 0 atom stereocenters. The van der Waals surface area contributed by atoms with Crippen LogP contribution in [0.15, 0.2) is 15.7 Å². The summed E-state index contributed by atoms with van der Waals surface area (Å²) in [5.74, 6) is 1.53. The average molecular weight is 282 g/mol. The highest BCUT2D eigenvalue weighted by atomic mass is 32.2. The maximum absolute atomic E-state index is 5.02. The Balaban J connectivity index is 1.81. The van der Waals surface area contributed by atoms with Crippen molar-refractivity contribution < 1.29 is 4.52 Å². The number of rotatable bonds is 8. The monoisotopic (exact) mass is 282 g/mol. The summed E-state index contributed by atoms with van der Waals surface area (Å²) in [6.45, 7) is 6.68. The van der Waals surface area contributed by atoms with E-state index in [9.17, 15) is 0 Å². The molecule has 0 amide bonds. The molecule has 0 spiro atoms. The molecule has 2 rings (SSSR count). The fourth-order valence-electron chi connectivity index (χ4n) is 1.55. The molecule has 0 fully saturated rings. The quantitative estimate of drug-likeness (QED) is 0.576. The zero-order valence-electron chi connectivity index (χ0n) is 11.2. The van der Waals surface area contributed by atoms with Crippen LogP contribution >= 0.6 is 11.8 Å². The Morgan fingerprint density at radius 2 is 2.32 bits per heavy atom. The molecule has 0 radical (unpaired) electrons. The lowest BCUT2D eigenvalue weighted by atomic mass is 10.4. The normalized spacial score (nSPS) is 11.1. The predicted molar refractivity (Wildman–Crippen MR) is 71.8 cm³/mol. The van der Waals surface area contributed by atoms with Crippen LogP contribution < -0.4 is 5.32 Å². The van der Waals surface area contributed by atoms with Crippen LogP contribution in [0.4, 0.5) is 0 Å². The van der Waals surface area contributed by atoms with Gasteiger partial charge in [-0.2, -0.15) is 0 Å². The van der Waals surface area contributed by atoms with Crippen molar-refractivity contribution in [2.24, 2.45) is 0 Å². The molecule has 0 unspecified atom stereocenters. The minimum atomic E-state index is 0.708. The first kappa shape index (κ1) is 14.0. The maximum Gasteiger partial charge on any atom is 0.209 e. The average Bonchev–Trinajstić information content (AvgIpc) is 3.01. The molecule has 0 aliphatic heterocycles. The van der Waals surface area contributed by atoms with Crippen LogP contribution in [0, 0.1) is 6.92 Å². The lowest BCUT2D eigenvalue weighted by Crippen LogP contribution is -2.21. The van der Waals surface area contributed by atoms with Crippen LogP contribution in [0.2, 0.25) is 0 Å². The molecule has 0 saturated heterocycles. The van der Waals surface area contributed by atoms with E-state index < -0.39 is 0 Å². The molecular weight excluding hydrogens is 264 g/mol. The first-order chi connectivity index (χ1) is 9.29. The predicted octanol–water partition coefficient (Wildman–Crippen LogP) is 1.26. The van der Waals surface area contributed by atoms with Crippen LogP contribution in [0.3, 0.4) is 0 Å². The Morgan fingerprint density at radius 1 is 1.42 bits per heavy atom. The Kier molecular flexibility index (Phi) is 5.34. The van der Waals surface area contributed by atoms with E-state index in [1.807, 2.05) is 13.0 Å². The zero-order valence-corrected chi connectivity index (χ0v) is 12.0. The molecule has 0 aliphatic carbocycles. The molecule has 1 N–H and O–H groups in total. The van der Waals surface area contributed by atoms with Crippen LogP contribution in [0.1, 0.15) is 24.8 Å². The molecular formula is C11H18N6OS. The highest BCUT2D eigenvalue weighted by Gasteiger charge is 2.08. The van der Waals surface area contributed by atoms with Gasteiger partial charge >= 0.3 is 0 Å². The van der Waals surface area contributed by atoms with Crippen molar-refractivity contribution in [3.8, 4) is 0 Å². The van der Waals surface area contributed by atoms with Crippen molar-refractivity contribution in [3.63, 3.8) is 0 Å². The summed E-state index contributed by atoms with van der Waals surface area (Å²) in [5.41, 5.74) is 0.904. The zero-order chi connectivity index (χ0) is 13.5. The van der Waals surface area contributed by atoms with E-state index in [1.54, 1.807) is 16.4 Å². The molecule has 19 heavy (non-hydrogen) atoms. The van der Waals surface area contributed by atoms with Gasteiger partial charge in [0.15, 0.2) is 0 Å². The van der Waals surface area contributed by atoms with Gasteiger partial charge in [0.05, 0.1) is 12.2 Å². The summed E-state index contributed by atoms with van der Waals surface area (Å²) in [5, 5.41) is 19.8. The molecule has 8 heteroatoms.